The molecule has 2 aliphatic rings. The van der Waals surface area contributed by atoms with Crippen molar-refractivity contribution in [3.05, 3.63) is 23.2 Å². The third-order valence-electron chi connectivity index (χ3n) is 5.58. The number of piperidine rings is 2. The lowest BCUT2D eigenvalue weighted by Gasteiger charge is -2.34. The number of nitrogens with zero attached hydrogens (tertiary/aromatic N) is 2. The molecule has 1 amide bonds. The minimum atomic E-state index is -3.71. The number of ether oxygens (including phenoxy) is 1. The van der Waals surface area contributed by atoms with Crippen LogP contribution in [0.3, 0.4) is 0 Å². The fourth-order valence-corrected chi connectivity index (χ4v) is 5.68. The van der Waals surface area contributed by atoms with Gasteiger partial charge >= 0.3 is 0 Å². The Labute approximate surface area is 172 Å². The van der Waals surface area contributed by atoms with Gasteiger partial charge in [-0.2, -0.15) is 4.31 Å². The molecule has 1 aromatic rings. The van der Waals surface area contributed by atoms with E-state index in [1.54, 1.807) is 6.07 Å². The third-order valence-corrected chi connectivity index (χ3v) is 7.74. The Balaban J connectivity index is 1.66. The first-order chi connectivity index (χ1) is 13.3. The number of carbonyl (C=O) groups is 1. The number of hydrogen-bond acceptors (Lipinski definition) is 5. The Morgan fingerprint density at radius 2 is 1.93 bits per heavy atom. The summed E-state index contributed by atoms with van der Waals surface area (Å²) in [5, 5.41) is 3.37. The highest BCUT2D eigenvalue weighted by Gasteiger charge is 2.34. The van der Waals surface area contributed by atoms with E-state index in [0.717, 1.165) is 25.9 Å². The highest BCUT2D eigenvalue weighted by Crippen LogP contribution is 2.30. The van der Waals surface area contributed by atoms with Crippen LogP contribution in [0.2, 0.25) is 5.02 Å². The van der Waals surface area contributed by atoms with E-state index >= 15 is 0 Å². The molecule has 156 valence electrons. The first-order valence-electron chi connectivity index (χ1n) is 9.64. The standard InChI is InChI=1S/C19H28ClN3O4S/c1-22-10-7-15(8-11-22)21-19(24)14-4-3-9-23(13-14)28(25,26)16-5-6-18(27-2)17(20)12-16/h5-6,12,14-15H,3-4,7-11,13H2,1-2H3,(H,21,24)/t14-/m0/s1. The number of methoxy groups -OCH3 is 1. The van der Waals surface area contributed by atoms with Crippen LogP contribution in [-0.2, 0) is 14.8 Å². The number of nitrogens with one attached hydrogen (secondary N) is 1. The molecule has 2 saturated heterocycles. The van der Waals surface area contributed by atoms with E-state index in [2.05, 4.69) is 17.3 Å². The van der Waals surface area contributed by atoms with Gasteiger partial charge in [0.2, 0.25) is 15.9 Å². The topological polar surface area (TPSA) is 79.0 Å². The fraction of sp³-hybridized carbons (Fsp3) is 0.632. The van der Waals surface area contributed by atoms with E-state index in [1.807, 2.05) is 0 Å². The maximum absolute atomic E-state index is 13.0. The number of carbonyl (C=O) groups excluding carboxylic acids is 1. The van der Waals surface area contributed by atoms with Gasteiger partial charge < -0.3 is 15.0 Å². The summed E-state index contributed by atoms with van der Waals surface area (Å²) in [6, 6.07) is 4.61. The highest BCUT2D eigenvalue weighted by atomic mass is 35.5. The lowest BCUT2D eigenvalue weighted by atomic mass is 9.97. The fourth-order valence-electron chi connectivity index (χ4n) is 3.80. The number of likely N-dealkylation sites (tertiary alicyclic amines) is 1. The molecule has 2 aliphatic heterocycles. The number of hydrogen-bond donors (Lipinski definition) is 1. The van der Waals surface area contributed by atoms with Crippen molar-refractivity contribution >= 4 is 27.5 Å². The molecule has 0 bridgehead atoms. The second-order valence-corrected chi connectivity index (χ2v) is 9.93. The Morgan fingerprint density at radius 3 is 2.57 bits per heavy atom. The van der Waals surface area contributed by atoms with Crippen LogP contribution in [0.5, 0.6) is 5.75 Å². The SMILES string of the molecule is COc1ccc(S(=O)(=O)N2CCC[C@H](C(=O)NC3CCN(C)CC3)C2)cc1Cl. The van der Waals surface area contributed by atoms with Gasteiger partial charge in [-0.1, -0.05) is 11.6 Å². The quantitative estimate of drug-likeness (QED) is 0.774. The molecule has 9 heteroatoms. The molecule has 1 aromatic carbocycles. The average Bonchev–Trinajstić information content (AvgIpc) is 2.69. The summed E-state index contributed by atoms with van der Waals surface area (Å²) in [7, 11) is -0.153. The van der Waals surface area contributed by atoms with Crippen LogP contribution in [-0.4, -0.2) is 69.9 Å². The predicted octanol–water partition coefficient (Wildman–Crippen LogP) is 1.96. The van der Waals surface area contributed by atoms with Crippen molar-refractivity contribution in [3.8, 4) is 5.75 Å². The van der Waals surface area contributed by atoms with Gasteiger partial charge in [0.25, 0.3) is 0 Å². The molecule has 0 aliphatic carbocycles. The molecule has 0 aromatic heterocycles. The molecule has 2 fully saturated rings. The van der Waals surface area contributed by atoms with Gasteiger partial charge in [0.1, 0.15) is 5.75 Å². The molecule has 0 unspecified atom stereocenters. The summed E-state index contributed by atoms with van der Waals surface area (Å²) >= 11 is 6.10. The van der Waals surface area contributed by atoms with Crippen LogP contribution >= 0.6 is 11.6 Å². The van der Waals surface area contributed by atoms with Crippen molar-refractivity contribution in [2.24, 2.45) is 5.92 Å². The molecule has 1 atom stereocenters. The Hall–Kier alpha value is -1.35. The zero-order valence-corrected chi connectivity index (χ0v) is 17.9. The summed E-state index contributed by atoms with van der Waals surface area (Å²) < 4.78 is 32.5. The predicted molar refractivity (Wildman–Crippen MR) is 108 cm³/mol. The molecular weight excluding hydrogens is 402 g/mol. The molecule has 28 heavy (non-hydrogen) atoms. The smallest absolute Gasteiger partial charge is 0.243 e. The third kappa shape index (κ3) is 4.79. The van der Waals surface area contributed by atoms with Crippen LogP contribution in [0, 0.1) is 5.92 Å². The summed E-state index contributed by atoms with van der Waals surface area (Å²) in [4.78, 5) is 15.1. The summed E-state index contributed by atoms with van der Waals surface area (Å²) in [6.45, 7) is 2.54. The van der Waals surface area contributed by atoms with Crippen molar-refractivity contribution in [3.63, 3.8) is 0 Å². The van der Waals surface area contributed by atoms with Gasteiger partial charge in [0.15, 0.2) is 0 Å². The van der Waals surface area contributed by atoms with E-state index < -0.39 is 10.0 Å². The van der Waals surface area contributed by atoms with Gasteiger partial charge in [-0.25, -0.2) is 8.42 Å². The summed E-state index contributed by atoms with van der Waals surface area (Å²) in [6.07, 6.45) is 3.23. The maximum atomic E-state index is 13.0. The largest absolute Gasteiger partial charge is 0.495 e. The number of amides is 1. The van der Waals surface area contributed by atoms with Crippen LogP contribution < -0.4 is 10.1 Å². The molecule has 3 rings (SSSR count). The second kappa shape index (κ2) is 8.98. The van der Waals surface area contributed by atoms with Crippen molar-refractivity contribution < 1.29 is 17.9 Å². The molecule has 2 heterocycles. The van der Waals surface area contributed by atoms with Crippen LogP contribution in [0.25, 0.3) is 0 Å². The number of sulfonamides is 1. The number of benzene rings is 1. The molecule has 0 radical (unpaired) electrons. The Morgan fingerprint density at radius 1 is 1.21 bits per heavy atom. The van der Waals surface area contributed by atoms with E-state index in [-0.39, 0.29) is 34.3 Å². The van der Waals surface area contributed by atoms with Crippen molar-refractivity contribution in [2.45, 2.75) is 36.6 Å². The zero-order valence-electron chi connectivity index (χ0n) is 16.4. The number of halogens is 1. The van der Waals surface area contributed by atoms with Crippen LogP contribution in [0.4, 0.5) is 0 Å². The van der Waals surface area contributed by atoms with Gasteiger partial charge in [-0.3, -0.25) is 4.79 Å². The summed E-state index contributed by atoms with van der Waals surface area (Å²) in [5.41, 5.74) is 0. The Kier molecular flexibility index (Phi) is 6.85. The minimum Gasteiger partial charge on any atom is -0.495 e. The van der Waals surface area contributed by atoms with Crippen LogP contribution in [0.1, 0.15) is 25.7 Å². The minimum absolute atomic E-state index is 0.0396. The van der Waals surface area contributed by atoms with E-state index in [1.165, 1.54) is 23.5 Å². The number of rotatable bonds is 5. The van der Waals surface area contributed by atoms with E-state index in [0.29, 0.717) is 25.1 Å². The van der Waals surface area contributed by atoms with Crippen molar-refractivity contribution in [1.29, 1.82) is 0 Å². The average molecular weight is 430 g/mol. The molecule has 0 spiro atoms. The maximum Gasteiger partial charge on any atom is 0.243 e. The highest BCUT2D eigenvalue weighted by molar-refractivity contribution is 7.89. The van der Waals surface area contributed by atoms with Crippen LogP contribution in [0.15, 0.2) is 23.1 Å². The molecule has 7 nitrogen and oxygen atoms in total. The lowest BCUT2D eigenvalue weighted by molar-refractivity contribution is -0.127. The summed E-state index contributed by atoms with van der Waals surface area (Å²) in [5.74, 6) is 0.0637. The molecular formula is C19H28ClN3O4S. The molecule has 1 N–H and O–H groups in total. The molecule has 0 saturated carbocycles. The van der Waals surface area contributed by atoms with E-state index in [9.17, 15) is 13.2 Å². The first kappa shape index (κ1) is 21.4. The van der Waals surface area contributed by atoms with E-state index in [4.69, 9.17) is 16.3 Å². The first-order valence-corrected chi connectivity index (χ1v) is 11.5. The zero-order chi connectivity index (χ0) is 20.3. The van der Waals surface area contributed by atoms with Crippen molar-refractivity contribution in [1.82, 2.24) is 14.5 Å². The van der Waals surface area contributed by atoms with Gasteiger partial charge in [0, 0.05) is 19.1 Å². The second-order valence-electron chi connectivity index (χ2n) is 7.58. The van der Waals surface area contributed by atoms with Gasteiger partial charge in [-0.15, -0.1) is 0 Å². The monoisotopic (exact) mass is 429 g/mol. The normalized spacial score (nSPS) is 22.8. The van der Waals surface area contributed by atoms with Crippen molar-refractivity contribution in [2.75, 3.05) is 40.3 Å². The Bertz CT molecular complexity index is 809. The van der Waals surface area contributed by atoms with Gasteiger partial charge in [-0.05, 0) is 64.0 Å². The lowest BCUT2D eigenvalue weighted by Crippen LogP contribution is -2.49. The van der Waals surface area contributed by atoms with Gasteiger partial charge in [0.05, 0.1) is 22.9 Å².